The van der Waals surface area contributed by atoms with E-state index in [-0.39, 0.29) is 12.1 Å². The lowest BCUT2D eigenvalue weighted by Crippen LogP contribution is -2.56. The van der Waals surface area contributed by atoms with E-state index in [9.17, 15) is 14.7 Å². The monoisotopic (exact) mass is 284 g/mol. The smallest absolute Gasteiger partial charge is 0.329 e. The van der Waals surface area contributed by atoms with Crippen molar-refractivity contribution < 1.29 is 19.4 Å². The van der Waals surface area contributed by atoms with Gasteiger partial charge in [0, 0.05) is 25.6 Å². The Morgan fingerprint density at radius 1 is 1.50 bits per heavy atom. The number of nitrogens with zero attached hydrogens (tertiary/aromatic N) is 1. The minimum absolute atomic E-state index is 0.157. The normalized spacial score (nSPS) is 33.4. The molecule has 3 unspecified atom stereocenters. The molecule has 2 rings (SSSR count). The second-order valence-corrected chi connectivity index (χ2v) is 5.76. The standard InChI is InChI=1S/C14H24N2O4/c1-3-14(12(17)18)6-4-7-16(14)13(19)15-9-11-5-8-20-10(11)2/h10-11H,3-9H2,1-2H3,(H,15,19)(H,17,18). The average molecular weight is 284 g/mol. The number of likely N-dealkylation sites (tertiary alicyclic amines) is 1. The molecule has 2 aliphatic rings. The maximum absolute atomic E-state index is 12.3. The van der Waals surface area contributed by atoms with Gasteiger partial charge < -0.3 is 20.1 Å². The summed E-state index contributed by atoms with van der Waals surface area (Å²) in [5.41, 5.74) is -1.03. The number of ether oxygens (including phenoxy) is 1. The SMILES string of the molecule is CCC1(C(=O)O)CCCN1C(=O)NCC1CCOC1C. The van der Waals surface area contributed by atoms with E-state index >= 15 is 0 Å². The highest BCUT2D eigenvalue weighted by molar-refractivity contribution is 5.87. The third kappa shape index (κ3) is 2.61. The molecule has 2 aliphatic heterocycles. The van der Waals surface area contributed by atoms with Crippen LogP contribution >= 0.6 is 0 Å². The van der Waals surface area contributed by atoms with Gasteiger partial charge in [0.25, 0.3) is 0 Å². The summed E-state index contributed by atoms with van der Waals surface area (Å²) in [6, 6.07) is -0.258. The molecule has 2 N–H and O–H groups in total. The van der Waals surface area contributed by atoms with Crippen molar-refractivity contribution in [2.45, 2.75) is 51.2 Å². The third-order valence-electron chi connectivity index (χ3n) is 4.77. The van der Waals surface area contributed by atoms with Gasteiger partial charge in [-0.25, -0.2) is 9.59 Å². The Kier molecular flexibility index (Phi) is 4.52. The quantitative estimate of drug-likeness (QED) is 0.819. The number of carbonyl (C=O) groups excluding carboxylic acids is 1. The Morgan fingerprint density at radius 3 is 2.80 bits per heavy atom. The number of rotatable bonds is 4. The van der Waals surface area contributed by atoms with Crippen LogP contribution in [0.3, 0.4) is 0 Å². The highest BCUT2D eigenvalue weighted by Crippen LogP contribution is 2.32. The number of nitrogens with one attached hydrogen (secondary N) is 1. The van der Waals surface area contributed by atoms with E-state index in [0.29, 0.717) is 31.8 Å². The van der Waals surface area contributed by atoms with Gasteiger partial charge in [-0.05, 0) is 32.6 Å². The second kappa shape index (κ2) is 5.99. The maximum Gasteiger partial charge on any atom is 0.329 e. The summed E-state index contributed by atoms with van der Waals surface area (Å²) < 4.78 is 5.46. The predicted molar refractivity (Wildman–Crippen MR) is 73.5 cm³/mol. The highest BCUT2D eigenvalue weighted by atomic mass is 16.5. The number of carboxylic acid groups (broad SMARTS) is 1. The number of carbonyl (C=O) groups is 2. The molecule has 0 aromatic rings. The van der Waals surface area contributed by atoms with Crippen molar-refractivity contribution >= 4 is 12.0 Å². The number of urea groups is 1. The van der Waals surface area contributed by atoms with Crippen LogP contribution in [0.1, 0.15) is 39.5 Å². The number of aliphatic carboxylic acids is 1. The van der Waals surface area contributed by atoms with Gasteiger partial charge in [0.2, 0.25) is 0 Å². The lowest BCUT2D eigenvalue weighted by Gasteiger charge is -2.34. The van der Waals surface area contributed by atoms with Crippen molar-refractivity contribution in [1.82, 2.24) is 10.2 Å². The van der Waals surface area contributed by atoms with Crippen molar-refractivity contribution in [3.8, 4) is 0 Å². The van der Waals surface area contributed by atoms with Gasteiger partial charge in [-0.1, -0.05) is 6.92 Å². The molecule has 0 bridgehead atoms. The number of hydrogen-bond donors (Lipinski definition) is 2. The molecule has 6 heteroatoms. The topological polar surface area (TPSA) is 78.9 Å². The first-order chi connectivity index (χ1) is 9.51. The van der Waals surface area contributed by atoms with Gasteiger partial charge in [-0.15, -0.1) is 0 Å². The van der Waals surface area contributed by atoms with Crippen molar-refractivity contribution in [1.29, 1.82) is 0 Å². The molecular formula is C14H24N2O4. The van der Waals surface area contributed by atoms with Crippen LogP contribution in [0.25, 0.3) is 0 Å². The fourth-order valence-corrected chi connectivity index (χ4v) is 3.27. The van der Waals surface area contributed by atoms with E-state index in [1.54, 1.807) is 0 Å². The average Bonchev–Trinajstić information content (AvgIpc) is 3.02. The van der Waals surface area contributed by atoms with Gasteiger partial charge in [-0.2, -0.15) is 0 Å². The first-order valence-corrected chi connectivity index (χ1v) is 7.41. The van der Waals surface area contributed by atoms with Crippen molar-refractivity contribution in [2.24, 2.45) is 5.92 Å². The van der Waals surface area contributed by atoms with Crippen LogP contribution < -0.4 is 5.32 Å². The Morgan fingerprint density at radius 2 is 2.25 bits per heavy atom. The lowest BCUT2D eigenvalue weighted by atomic mass is 9.93. The number of carboxylic acids is 1. The van der Waals surface area contributed by atoms with E-state index in [1.165, 1.54) is 4.90 Å². The summed E-state index contributed by atoms with van der Waals surface area (Å²) in [7, 11) is 0. The van der Waals surface area contributed by atoms with Crippen LogP contribution in [0.4, 0.5) is 4.79 Å². The zero-order valence-corrected chi connectivity index (χ0v) is 12.2. The van der Waals surface area contributed by atoms with Crippen LogP contribution in [-0.2, 0) is 9.53 Å². The fourth-order valence-electron chi connectivity index (χ4n) is 3.27. The summed E-state index contributed by atoms with van der Waals surface area (Å²) in [5, 5.41) is 12.3. The summed E-state index contributed by atoms with van der Waals surface area (Å²) in [5.74, 6) is -0.576. The molecule has 114 valence electrons. The van der Waals surface area contributed by atoms with Gasteiger partial charge in [0.15, 0.2) is 0 Å². The molecule has 0 spiro atoms. The van der Waals surface area contributed by atoms with Crippen LogP contribution in [0.15, 0.2) is 0 Å². The predicted octanol–water partition coefficient (Wildman–Crippen LogP) is 1.45. The van der Waals surface area contributed by atoms with Crippen LogP contribution in [-0.4, -0.2) is 53.3 Å². The number of hydrogen-bond acceptors (Lipinski definition) is 3. The van der Waals surface area contributed by atoms with Crippen molar-refractivity contribution in [2.75, 3.05) is 19.7 Å². The maximum atomic E-state index is 12.3. The first kappa shape index (κ1) is 15.1. The van der Waals surface area contributed by atoms with Gasteiger partial charge in [0.05, 0.1) is 6.10 Å². The Balaban J connectivity index is 1.95. The molecule has 6 nitrogen and oxygen atoms in total. The molecule has 2 heterocycles. The van der Waals surface area contributed by atoms with E-state index in [4.69, 9.17) is 4.74 Å². The minimum Gasteiger partial charge on any atom is -0.479 e. The summed E-state index contributed by atoms with van der Waals surface area (Å²) in [4.78, 5) is 25.3. The summed E-state index contributed by atoms with van der Waals surface area (Å²) in [6.07, 6.45) is 2.83. The van der Waals surface area contributed by atoms with E-state index in [2.05, 4.69) is 5.32 Å². The molecular weight excluding hydrogens is 260 g/mol. The molecule has 0 saturated carbocycles. The fraction of sp³-hybridized carbons (Fsp3) is 0.857. The van der Waals surface area contributed by atoms with Crippen molar-refractivity contribution in [3.63, 3.8) is 0 Å². The highest BCUT2D eigenvalue weighted by Gasteiger charge is 2.48. The number of amides is 2. The van der Waals surface area contributed by atoms with Crippen molar-refractivity contribution in [3.05, 3.63) is 0 Å². The molecule has 0 aliphatic carbocycles. The second-order valence-electron chi connectivity index (χ2n) is 5.76. The van der Waals surface area contributed by atoms with E-state index in [1.807, 2.05) is 13.8 Å². The molecule has 3 atom stereocenters. The third-order valence-corrected chi connectivity index (χ3v) is 4.77. The molecule has 0 aromatic carbocycles. The minimum atomic E-state index is -1.03. The molecule has 2 fully saturated rings. The summed E-state index contributed by atoms with van der Waals surface area (Å²) in [6.45, 7) is 5.64. The van der Waals surface area contributed by atoms with E-state index < -0.39 is 11.5 Å². The molecule has 20 heavy (non-hydrogen) atoms. The van der Waals surface area contributed by atoms with Crippen LogP contribution in [0.2, 0.25) is 0 Å². The summed E-state index contributed by atoms with van der Waals surface area (Å²) >= 11 is 0. The lowest BCUT2D eigenvalue weighted by molar-refractivity contribution is -0.148. The molecule has 0 radical (unpaired) electrons. The van der Waals surface area contributed by atoms with Gasteiger partial charge >= 0.3 is 12.0 Å². The zero-order chi connectivity index (χ0) is 14.8. The van der Waals surface area contributed by atoms with Gasteiger partial charge in [-0.3, -0.25) is 0 Å². The zero-order valence-electron chi connectivity index (χ0n) is 12.2. The molecule has 2 amide bonds. The Labute approximate surface area is 119 Å². The van der Waals surface area contributed by atoms with Gasteiger partial charge in [0.1, 0.15) is 5.54 Å². The largest absolute Gasteiger partial charge is 0.479 e. The Hall–Kier alpha value is -1.30. The molecule has 0 aromatic heterocycles. The van der Waals surface area contributed by atoms with Crippen LogP contribution in [0, 0.1) is 5.92 Å². The first-order valence-electron chi connectivity index (χ1n) is 7.41. The Bertz CT molecular complexity index is 387. The van der Waals surface area contributed by atoms with Crippen LogP contribution in [0.5, 0.6) is 0 Å². The molecule has 2 saturated heterocycles. The van der Waals surface area contributed by atoms with E-state index in [0.717, 1.165) is 19.4 Å².